The first kappa shape index (κ1) is 23.8. The lowest BCUT2D eigenvalue weighted by atomic mass is 10.1. The number of benzene rings is 2. The fourth-order valence-corrected chi connectivity index (χ4v) is 4.44. The summed E-state index contributed by atoms with van der Waals surface area (Å²) in [6.07, 6.45) is 4.89. The van der Waals surface area contributed by atoms with E-state index in [-0.39, 0.29) is 24.5 Å². The van der Waals surface area contributed by atoms with E-state index in [0.29, 0.717) is 18.7 Å². The van der Waals surface area contributed by atoms with Crippen LogP contribution in [0.2, 0.25) is 0 Å². The summed E-state index contributed by atoms with van der Waals surface area (Å²) < 4.78 is 5.89. The molecule has 172 valence electrons. The third-order valence-corrected chi connectivity index (χ3v) is 6.37. The Bertz CT molecular complexity index is 934. The number of hydrogen-bond donors (Lipinski definition) is 1. The summed E-state index contributed by atoms with van der Waals surface area (Å²) in [5, 5.41) is 3.18. The smallest absolute Gasteiger partial charge is 0.261 e. The van der Waals surface area contributed by atoms with E-state index in [4.69, 9.17) is 4.74 Å². The molecule has 1 aliphatic rings. The largest absolute Gasteiger partial charge is 0.483 e. The molecule has 0 aliphatic heterocycles. The van der Waals surface area contributed by atoms with Gasteiger partial charge in [-0.3, -0.25) is 9.59 Å². The molecule has 1 unspecified atom stereocenters. The average Bonchev–Trinajstić information content (AvgIpc) is 3.27. The number of nitrogens with one attached hydrogen (secondary N) is 1. The Hall–Kier alpha value is -2.82. The number of carbonyl (C=O) groups excluding carboxylic acids is 2. The highest BCUT2D eigenvalue weighted by Crippen LogP contribution is 2.21. The first-order valence-corrected chi connectivity index (χ1v) is 11.7. The van der Waals surface area contributed by atoms with Crippen LogP contribution in [0, 0.1) is 20.8 Å². The molecule has 1 atom stereocenters. The van der Waals surface area contributed by atoms with Crippen molar-refractivity contribution in [2.45, 2.75) is 78.4 Å². The molecule has 3 rings (SSSR count). The number of aryl methyl sites for hydroxylation is 3. The zero-order valence-electron chi connectivity index (χ0n) is 19.8. The third kappa shape index (κ3) is 6.12. The Morgan fingerprint density at radius 2 is 1.78 bits per heavy atom. The molecular formula is C27H36N2O3. The van der Waals surface area contributed by atoms with Gasteiger partial charge in [-0.15, -0.1) is 0 Å². The lowest BCUT2D eigenvalue weighted by molar-refractivity contribution is -0.143. The van der Waals surface area contributed by atoms with Crippen molar-refractivity contribution in [1.82, 2.24) is 10.2 Å². The first-order chi connectivity index (χ1) is 15.4. The van der Waals surface area contributed by atoms with Crippen LogP contribution in [-0.4, -0.2) is 35.4 Å². The van der Waals surface area contributed by atoms with Crippen molar-refractivity contribution in [2.75, 3.05) is 6.61 Å². The van der Waals surface area contributed by atoms with Crippen LogP contribution in [0.15, 0.2) is 42.5 Å². The van der Waals surface area contributed by atoms with Crippen molar-refractivity contribution in [3.8, 4) is 5.75 Å². The van der Waals surface area contributed by atoms with Crippen LogP contribution in [0.5, 0.6) is 5.75 Å². The molecule has 5 heteroatoms. The van der Waals surface area contributed by atoms with E-state index in [1.807, 2.05) is 70.2 Å². The van der Waals surface area contributed by atoms with E-state index < -0.39 is 6.04 Å². The van der Waals surface area contributed by atoms with E-state index in [1.165, 1.54) is 0 Å². The zero-order valence-corrected chi connectivity index (χ0v) is 19.8. The Morgan fingerprint density at radius 1 is 1.06 bits per heavy atom. The van der Waals surface area contributed by atoms with Gasteiger partial charge in [0.15, 0.2) is 6.61 Å². The van der Waals surface area contributed by atoms with Gasteiger partial charge in [0.2, 0.25) is 5.91 Å². The van der Waals surface area contributed by atoms with Gasteiger partial charge in [-0.1, -0.05) is 61.7 Å². The number of amides is 2. The molecule has 1 saturated carbocycles. The minimum absolute atomic E-state index is 0.0622. The number of nitrogens with zero attached hydrogens (tertiary/aromatic N) is 1. The highest BCUT2D eigenvalue weighted by atomic mass is 16.5. The third-order valence-electron chi connectivity index (χ3n) is 6.37. The lowest BCUT2D eigenvalue weighted by Crippen LogP contribution is -2.52. The predicted octanol–water partition coefficient (Wildman–Crippen LogP) is 4.86. The Labute approximate surface area is 192 Å². The maximum Gasteiger partial charge on any atom is 0.261 e. The molecule has 0 bridgehead atoms. The van der Waals surface area contributed by atoms with Gasteiger partial charge >= 0.3 is 0 Å². The fraction of sp³-hybridized carbons (Fsp3) is 0.481. The van der Waals surface area contributed by atoms with E-state index >= 15 is 0 Å². The summed E-state index contributed by atoms with van der Waals surface area (Å²) in [6.45, 7) is 8.29. The minimum Gasteiger partial charge on any atom is -0.483 e. The first-order valence-electron chi connectivity index (χ1n) is 11.7. The average molecular weight is 437 g/mol. The number of carbonyl (C=O) groups is 2. The van der Waals surface area contributed by atoms with Crippen LogP contribution >= 0.6 is 0 Å². The minimum atomic E-state index is -0.523. The standard InChI is InChI=1S/C27H36N2O3/c1-5-24(27(31)28-23-12-8-9-13-23)29(17-22-11-7-6-10-20(22)3)26(30)18-32-25-15-14-19(2)16-21(25)4/h6-7,10-11,14-16,23-24H,5,8-9,12-13,17-18H2,1-4H3,(H,28,31). The molecular weight excluding hydrogens is 400 g/mol. The van der Waals surface area contributed by atoms with Gasteiger partial charge in [0.05, 0.1) is 0 Å². The Kier molecular flexibility index (Phi) is 8.32. The normalized spacial score (nSPS) is 14.8. The van der Waals surface area contributed by atoms with E-state index in [9.17, 15) is 9.59 Å². The van der Waals surface area contributed by atoms with Crippen LogP contribution in [0.1, 0.15) is 61.3 Å². The van der Waals surface area contributed by atoms with Crippen LogP contribution < -0.4 is 10.1 Å². The molecule has 2 aromatic carbocycles. The molecule has 32 heavy (non-hydrogen) atoms. The van der Waals surface area contributed by atoms with E-state index in [1.54, 1.807) is 4.90 Å². The van der Waals surface area contributed by atoms with Crippen molar-refractivity contribution in [1.29, 1.82) is 0 Å². The van der Waals surface area contributed by atoms with Crippen molar-refractivity contribution in [2.24, 2.45) is 0 Å². The molecule has 1 aliphatic carbocycles. The highest BCUT2D eigenvalue weighted by molar-refractivity contribution is 5.88. The molecule has 1 N–H and O–H groups in total. The second-order valence-corrected chi connectivity index (χ2v) is 8.92. The van der Waals surface area contributed by atoms with Crippen LogP contribution in [0.4, 0.5) is 0 Å². The van der Waals surface area contributed by atoms with Crippen LogP contribution in [-0.2, 0) is 16.1 Å². The number of hydrogen-bond acceptors (Lipinski definition) is 3. The van der Waals surface area contributed by atoms with Gasteiger partial charge < -0.3 is 15.0 Å². The summed E-state index contributed by atoms with van der Waals surface area (Å²) in [4.78, 5) is 28.2. The maximum atomic E-state index is 13.4. The van der Waals surface area contributed by atoms with E-state index in [2.05, 4.69) is 5.32 Å². The molecule has 0 radical (unpaired) electrons. The van der Waals surface area contributed by atoms with Crippen molar-refractivity contribution in [3.63, 3.8) is 0 Å². The van der Waals surface area contributed by atoms with Crippen LogP contribution in [0.3, 0.4) is 0 Å². The van der Waals surface area contributed by atoms with Crippen molar-refractivity contribution in [3.05, 3.63) is 64.7 Å². The molecule has 1 fully saturated rings. The second-order valence-electron chi connectivity index (χ2n) is 8.92. The van der Waals surface area contributed by atoms with Crippen LogP contribution in [0.25, 0.3) is 0 Å². The topological polar surface area (TPSA) is 58.6 Å². The number of rotatable bonds is 9. The van der Waals surface area contributed by atoms with E-state index in [0.717, 1.165) is 47.9 Å². The van der Waals surface area contributed by atoms with Gasteiger partial charge in [-0.2, -0.15) is 0 Å². The monoisotopic (exact) mass is 436 g/mol. The zero-order chi connectivity index (χ0) is 23.1. The van der Waals surface area contributed by atoms with Crippen molar-refractivity contribution >= 4 is 11.8 Å². The maximum absolute atomic E-state index is 13.4. The molecule has 2 amide bonds. The molecule has 0 spiro atoms. The second kappa shape index (κ2) is 11.2. The highest BCUT2D eigenvalue weighted by Gasteiger charge is 2.31. The Morgan fingerprint density at radius 3 is 2.44 bits per heavy atom. The summed E-state index contributed by atoms with van der Waals surface area (Å²) in [5.74, 6) is 0.456. The Balaban J connectivity index is 1.78. The fourth-order valence-electron chi connectivity index (χ4n) is 4.44. The summed E-state index contributed by atoms with van der Waals surface area (Å²) in [7, 11) is 0. The van der Waals surface area contributed by atoms with Gasteiger partial charge in [0.25, 0.3) is 5.91 Å². The quantitative estimate of drug-likeness (QED) is 0.611. The van der Waals surface area contributed by atoms with Gasteiger partial charge in [-0.25, -0.2) is 0 Å². The van der Waals surface area contributed by atoms with Gasteiger partial charge in [-0.05, 0) is 62.8 Å². The van der Waals surface area contributed by atoms with Gasteiger partial charge in [0.1, 0.15) is 11.8 Å². The molecule has 0 aromatic heterocycles. The van der Waals surface area contributed by atoms with Gasteiger partial charge in [0, 0.05) is 12.6 Å². The number of ether oxygens (including phenoxy) is 1. The summed E-state index contributed by atoms with van der Waals surface area (Å²) in [5.41, 5.74) is 4.29. The summed E-state index contributed by atoms with van der Waals surface area (Å²) in [6, 6.07) is 13.6. The lowest BCUT2D eigenvalue weighted by Gasteiger charge is -2.32. The molecule has 0 saturated heterocycles. The van der Waals surface area contributed by atoms with Crippen molar-refractivity contribution < 1.29 is 14.3 Å². The molecule has 5 nitrogen and oxygen atoms in total. The molecule has 0 heterocycles. The molecule has 2 aromatic rings. The SMILES string of the molecule is CCC(C(=O)NC1CCCC1)N(Cc1ccccc1C)C(=O)COc1ccc(C)cc1C. The predicted molar refractivity (Wildman–Crippen MR) is 128 cm³/mol. The summed E-state index contributed by atoms with van der Waals surface area (Å²) >= 11 is 0.